The second-order valence-electron chi connectivity index (χ2n) is 7.66. The van der Waals surface area contributed by atoms with Crippen LogP contribution < -0.4 is 10.2 Å². The van der Waals surface area contributed by atoms with Crippen LogP contribution in [0.5, 0.6) is 0 Å². The summed E-state index contributed by atoms with van der Waals surface area (Å²) in [6.45, 7) is 5.59. The van der Waals surface area contributed by atoms with Gasteiger partial charge in [-0.2, -0.15) is 0 Å². The number of halogens is 2. The van der Waals surface area contributed by atoms with Gasteiger partial charge in [0.05, 0.1) is 10.1 Å². The predicted molar refractivity (Wildman–Crippen MR) is 120 cm³/mol. The van der Waals surface area contributed by atoms with E-state index in [-0.39, 0.29) is 22.5 Å². The minimum absolute atomic E-state index is 0.0747. The van der Waals surface area contributed by atoms with Crippen LogP contribution in [-0.2, 0) is 4.79 Å². The highest BCUT2D eigenvalue weighted by Crippen LogP contribution is 2.36. The number of hydrogen-bond donors (Lipinski definition) is 1. The third kappa shape index (κ3) is 3.63. The Morgan fingerprint density at radius 3 is 2.71 bits per heavy atom. The van der Waals surface area contributed by atoms with Gasteiger partial charge in [0.15, 0.2) is 10.9 Å². The van der Waals surface area contributed by atoms with Crippen molar-refractivity contribution in [2.75, 3.05) is 23.3 Å². The molecule has 0 spiro atoms. The quantitative estimate of drug-likeness (QED) is 0.464. The summed E-state index contributed by atoms with van der Waals surface area (Å²) in [7, 11) is 0. The molecule has 0 bridgehead atoms. The molecule has 0 aliphatic carbocycles. The fraction of sp³-hybridized carbons (Fsp3) is 0.333. The lowest BCUT2D eigenvalue weighted by Crippen LogP contribution is -2.38. The number of nitrogens with one attached hydrogen (secondary N) is 1. The third-order valence-electron chi connectivity index (χ3n) is 5.75. The van der Waals surface area contributed by atoms with E-state index < -0.39 is 11.6 Å². The van der Waals surface area contributed by atoms with Gasteiger partial charge in [-0.05, 0) is 38.3 Å². The van der Waals surface area contributed by atoms with E-state index in [4.69, 9.17) is 0 Å². The van der Waals surface area contributed by atoms with E-state index in [1.165, 1.54) is 16.5 Å². The largest absolute Gasteiger partial charge is 0.356 e. The Morgan fingerprint density at radius 1 is 1.16 bits per heavy atom. The fourth-order valence-electron chi connectivity index (χ4n) is 3.98. The number of fused-ring (bicyclic) bond motifs is 2. The van der Waals surface area contributed by atoms with E-state index in [0.29, 0.717) is 30.6 Å². The van der Waals surface area contributed by atoms with Crippen LogP contribution in [0.3, 0.4) is 0 Å². The maximum atomic E-state index is 13.9. The van der Waals surface area contributed by atoms with E-state index in [1.54, 1.807) is 17.7 Å². The van der Waals surface area contributed by atoms with Crippen LogP contribution in [0.25, 0.3) is 20.4 Å². The number of aryl methyl sites for hydroxylation is 2. The first kappa shape index (κ1) is 20.2. The van der Waals surface area contributed by atoms with Gasteiger partial charge in [-0.1, -0.05) is 11.3 Å². The number of carbonyl (C=O) groups excluding carboxylic acids is 1. The van der Waals surface area contributed by atoms with Crippen LogP contribution in [0.4, 0.5) is 19.7 Å². The Bertz CT molecular complexity index is 1310. The molecule has 0 saturated carbocycles. The number of thiazole rings is 1. The summed E-state index contributed by atoms with van der Waals surface area (Å²) in [5, 5.41) is 4.16. The molecule has 6 nitrogen and oxygen atoms in total. The lowest BCUT2D eigenvalue weighted by molar-refractivity contribution is -0.120. The number of anilines is 2. The van der Waals surface area contributed by atoms with Gasteiger partial charge in [-0.15, -0.1) is 11.3 Å². The topological polar surface area (TPSA) is 71.0 Å². The van der Waals surface area contributed by atoms with Crippen molar-refractivity contribution in [3.8, 4) is 0 Å². The molecule has 10 heteroatoms. The first-order chi connectivity index (χ1) is 14.9. The molecule has 5 rings (SSSR count). The molecule has 4 heterocycles. The third-order valence-corrected chi connectivity index (χ3v) is 7.79. The van der Waals surface area contributed by atoms with Crippen LogP contribution in [0.15, 0.2) is 18.5 Å². The molecule has 0 radical (unpaired) electrons. The second-order valence-corrected chi connectivity index (χ2v) is 9.90. The van der Waals surface area contributed by atoms with Crippen molar-refractivity contribution in [2.45, 2.75) is 26.7 Å². The lowest BCUT2D eigenvalue weighted by atomic mass is 9.96. The van der Waals surface area contributed by atoms with Gasteiger partial charge in [0.25, 0.3) is 0 Å². The van der Waals surface area contributed by atoms with E-state index in [2.05, 4.69) is 39.0 Å². The highest BCUT2D eigenvalue weighted by Gasteiger charge is 2.28. The molecule has 0 atom stereocenters. The zero-order chi connectivity index (χ0) is 21.7. The standard InChI is InChI=1S/C21H19F2N5OS2/c1-10-11(2)30-20-16(10)18(24-9-25-20)28-5-3-12(4-6-28)19(29)27-21-26-17-14(23)7-13(22)8-15(17)31-21/h7-9,12H,3-6H2,1-2H3,(H,26,27,29). The van der Waals surface area contributed by atoms with Crippen LogP contribution in [0.2, 0.25) is 0 Å². The van der Waals surface area contributed by atoms with Gasteiger partial charge in [0, 0.05) is 30.0 Å². The Balaban J connectivity index is 1.29. The molecule has 1 aliphatic heterocycles. The maximum absolute atomic E-state index is 13.9. The van der Waals surface area contributed by atoms with Crippen LogP contribution in [0, 0.1) is 31.4 Å². The predicted octanol–water partition coefficient (Wildman–Crippen LogP) is 5.05. The normalized spacial score (nSPS) is 15.2. The Labute approximate surface area is 185 Å². The smallest absolute Gasteiger partial charge is 0.229 e. The maximum Gasteiger partial charge on any atom is 0.229 e. The van der Waals surface area contributed by atoms with Crippen LogP contribution in [-0.4, -0.2) is 33.9 Å². The van der Waals surface area contributed by atoms with Crippen molar-refractivity contribution in [1.29, 1.82) is 0 Å². The van der Waals surface area contributed by atoms with E-state index in [1.807, 2.05) is 0 Å². The first-order valence-electron chi connectivity index (χ1n) is 9.93. The molecule has 1 fully saturated rings. The first-order valence-corrected chi connectivity index (χ1v) is 11.6. The van der Waals surface area contributed by atoms with Gasteiger partial charge in [0.2, 0.25) is 5.91 Å². The average molecular weight is 460 g/mol. The monoisotopic (exact) mass is 459 g/mol. The number of carbonyl (C=O) groups is 1. The summed E-state index contributed by atoms with van der Waals surface area (Å²) in [6.07, 6.45) is 2.95. The number of nitrogens with zero attached hydrogens (tertiary/aromatic N) is 4. The van der Waals surface area contributed by atoms with Gasteiger partial charge < -0.3 is 10.2 Å². The van der Waals surface area contributed by atoms with Crippen LogP contribution in [0.1, 0.15) is 23.3 Å². The molecule has 4 aromatic rings. The minimum atomic E-state index is -0.727. The lowest BCUT2D eigenvalue weighted by Gasteiger charge is -2.32. The van der Waals surface area contributed by atoms with Gasteiger partial charge in [0.1, 0.15) is 28.3 Å². The van der Waals surface area contributed by atoms with Crippen molar-refractivity contribution in [3.05, 3.63) is 40.5 Å². The highest BCUT2D eigenvalue weighted by molar-refractivity contribution is 7.22. The molecule has 0 unspecified atom stereocenters. The highest BCUT2D eigenvalue weighted by atomic mass is 32.1. The molecule has 1 aromatic carbocycles. The zero-order valence-corrected chi connectivity index (χ0v) is 18.5. The van der Waals surface area contributed by atoms with E-state index in [0.717, 1.165) is 33.4 Å². The Hall–Kier alpha value is -2.72. The molecule has 31 heavy (non-hydrogen) atoms. The van der Waals surface area contributed by atoms with Crippen LogP contribution >= 0.6 is 22.7 Å². The van der Waals surface area contributed by atoms with Crippen molar-refractivity contribution >= 4 is 60.0 Å². The number of amides is 1. The van der Waals surface area contributed by atoms with Crippen molar-refractivity contribution in [2.24, 2.45) is 5.92 Å². The summed E-state index contributed by atoms with van der Waals surface area (Å²) in [5.74, 6) is -0.777. The number of benzene rings is 1. The van der Waals surface area contributed by atoms with E-state index >= 15 is 0 Å². The van der Waals surface area contributed by atoms with Gasteiger partial charge in [-0.25, -0.2) is 23.7 Å². The number of hydrogen-bond acceptors (Lipinski definition) is 7. The number of rotatable bonds is 3. The summed E-state index contributed by atoms with van der Waals surface area (Å²) in [4.78, 5) is 30.2. The number of aromatic nitrogens is 3. The minimum Gasteiger partial charge on any atom is -0.356 e. The number of piperidine rings is 1. The molecule has 1 amide bonds. The van der Waals surface area contributed by atoms with Crippen molar-refractivity contribution in [3.63, 3.8) is 0 Å². The van der Waals surface area contributed by atoms with E-state index in [9.17, 15) is 13.6 Å². The molecule has 1 aliphatic rings. The molecule has 3 aromatic heterocycles. The van der Waals surface area contributed by atoms with Crippen molar-refractivity contribution in [1.82, 2.24) is 15.0 Å². The van der Waals surface area contributed by atoms with Gasteiger partial charge >= 0.3 is 0 Å². The summed E-state index contributed by atoms with van der Waals surface area (Å²) in [6, 6.07) is 2.02. The Kier molecular flexibility index (Phi) is 5.05. The Morgan fingerprint density at radius 2 is 1.94 bits per heavy atom. The molecular weight excluding hydrogens is 440 g/mol. The molecule has 1 saturated heterocycles. The second kappa shape index (κ2) is 7.76. The SMILES string of the molecule is Cc1sc2ncnc(N3CCC(C(=O)Nc4nc5c(F)cc(F)cc5s4)CC3)c2c1C. The fourth-order valence-corrected chi connectivity index (χ4v) is 5.87. The molecule has 160 valence electrons. The summed E-state index contributed by atoms with van der Waals surface area (Å²) in [5.41, 5.74) is 1.28. The zero-order valence-electron chi connectivity index (χ0n) is 16.9. The molecular formula is C21H19F2N5OS2. The average Bonchev–Trinajstić information content (AvgIpc) is 3.28. The molecule has 1 N–H and O–H groups in total. The number of thiophene rings is 1. The van der Waals surface area contributed by atoms with Gasteiger partial charge in [-0.3, -0.25) is 4.79 Å². The summed E-state index contributed by atoms with van der Waals surface area (Å²) >= 11 is 2.74. The summed E-state index contributed by atoms with van der Waals surface area (Å²) < 4.78 is 27.6. The van der Waals surface area contributed by atoms with Crippen molar-refractivity contribution < 1.29 is 13.6 Å².